The van der Waals surface area contributed by atoms with Gasteiger partial charge >= 0.3 is 0 Å². The molecule has 7 heteroatoms. The van der Waals surface area contributed by atoms with E-state index in [0.29, 0.717) is 17.8 Å². The minimum Gasteiger partial charge on any atom is -0.358 e. The molecule has 0 radical (unpaired) electrons. The predicted octanol–water partition coefficient (Wildman–Crippen LogP) is 2.94. The number of nitrogens with zero attached hydrogens (tertiary/aromatic N) is 3. The minimum absolute atomic E-state index is 0.0478. The van der Waals surface area contributed by atoms with Crippen molar-refractivity contribution in [2.75, 3.05) is 18.4 Å². The molecule has 1 aliphatic rings. The second kappa shape index (κ2) is 7.95. The lowest BCUT2D eigenvalue weighted by atomic mass is 10.1. The molecule has 1 unspecified atom stereocenters. The molecule has 7 nitrogen and oxygen atoms in total. The summed E-state index contributed by atoms with van der Waals surface area (Å²) in [7, 11) is 0. The molecule has 1 aliphatic heterocycles. The van der Waals surface area contributed by atoms with E-state index in [4.69, 9.17) is 0 Å². The third-order valence-corrected chi connectivity index (χ3v) is 4.62. The van der Waals surface area contributed by atoms with Crippen LogP contribution >= 0.6 is 0 Å². The molecular weight excluding hydrogens is 332 g/mol. The van der Waals surface area contributed by atoms with Gasteiger partial charge in [-0.3, -0.25) is 14.9 Å². The van der Waals surface area contributed by atoms with Crippen LogP contribution in [0.15, 0.2) is 42.6 Å². The fourth-order valence-electron chi connectivity index (χ4n) is 3.19. The molecule has 1 amide bonds. The lowest BCUT2D eigenvalue weighted by Gasteiger charge is -2.18. The van der Waals surface area contributed by atoms with Gasteiger partial charge in [0.2, 0.25) is 5.91 Å². The van der Waals surface area contributed by atoms with Crippen LogP contribution in [0.3, 0.4) is 0 Å². The average Bonchev–Trinajstić information content (AvgIpc) is 2.97. The monoisotopic (exact) mass is 354 g/mol. The van der Waals surface area contributed by atoms with Gasteiger partial charge in [0.1, 0.15) is 18.1 Å². The maximum atomic E-state index is 12.6. The number of hydrogen-bond donors (Lipinski definition) is 1. The Balaban J connectivity index is 1.53. The van der Waals surface area contributed by atoms with Gasteiger partial charge in [0.05, 0.1) is 4.92 Å². The van der Waals surface area contributed by atoms with Gasteiger partial charge in [-0.25, -0.2) is 4.98 Å². The molecule has 0 aliphatic carbocycles. The van der Waals surface area contributed by atoms with Crippen molar-refractivity contribution >= 4 is 17.4 Å². The molecule has 1 N–H and O–H groups in total. The number of anilines is 1. The first-order chi connectivity index (χ1) is 12.5. The molecule has 1 aromatic heterocycles. The molecular formula is C19H22N4O3. The van der Waals surface area contributed by atoms with Crippen LogP contribution in [0, 0.1) is 17.0 Å². The summed E-state index contributed by atoms with van der Waals surface area (Å²) < 4.78 is 0. The molecule has 2 aromatic rings. The van der Waals surface area contributed by atoms with Gasteiger partial charge in [-0.2, -0.15) is 0 Å². The van der Waals surface area contributed by atoms with Crippen molar-refractivity contribution in [3.63, 3.8) is 0 Å². The molecule has 136 valence electrons. The van der Waals surface area contributed by atoms with E-state index in [1.54, 1.807) is 6.92 Å². The second-order valence-corrected chi connectivity index (χ2v) is 6.52. The zero-order valence-electron chi connectivity index (χ0n) is 14.7. The third kappa shape index (κ3) is 4.17. The van der Waals surface area contributed by atoms with Gasteiger partial charge in [-0.15, -0.1) is 0 Å². The van der Waals surface area contributed by atoms with Gasteiger partial charge in [0.15, 0.2) is 0 Å². The fourth-order valence-corrected chi connectivity index (χ4v) is 3.19. The number of hydrogen-bond acceptors (Lipinski definition) is 5. The molecule has 2 heterocycles. The lowest BCUT2D eigenvalue weighted by Crippen LogP contribution is -2.34. The summed E-state index contributed by atoms with van der Waals surface area (Å²) >= 11 is 0. The Morgan fingerprint density at radius 1 is 1.35 bits per heavy atom. The Bertz CT molecular complexity index is 795. The summed E-state index contributed by atoms with van der Waals surface area (Å²) in [5, 5.41) is 13.9. The molecule has 1 atom stereocenters. The standard InChI is InChI=1S/C19H22N4O3/c1-14-12-16(23(25)26)13-20-18(14)21-17-9-11-22(19(17)24)10-5-8-15-6-3-2-4-7-15/h2-4,6-7,12-13,17H,5,8-11H2,1H3,(H,20,21). The smallest absolute Gasteiger partial charge is 0.287 e. The highest BCUT2D eigenvalue weighted by Gasteiger charge is 2.31. The maximum Gasteiger partial charge on any atom is 0.287 e. The van der Waals surface area contributed by atoms with Crippen LogP contribution in [-0.4, -0.2) is 39.8 Å². The largest absolute Gasteiger partial charge is 0.358 e. The first-order valence-corrected chi connectivity index (χ1v) is 8.75. The quantitative estimate of drug-likeness (QED) is 0.610. The number of rotatable bonds is 7. The van der Waals surface area contributed by atoms with Gasteiger partial charge in [0.25, 0.3) is 5.69 Å². The highest BCUT2D eigenvalue weighted by molar-refractivity contribution is 5.86. The van der Waals surface area contributed by atoms with Crippen molar-refractivity contribution in [3.05, 3.63) is 63.8 Å². The van der Waals surface area contributed by atoms with E-state index in [0.717, 1.165) is 25.9 Å². The van der Waals surface area contributed by atoms with Gasteiger partial charge in [-0.05, 0) is 37.3 Å². The molecule has 1 fully saturated rings. The SMILES string of the molecule is Cc1cc([N+](=O)[O-])cnc1NC1CCN(CCCc2ccccc2)C1=O. The van der Waals surface area contributed by atoms with Gasteiger partial charge in [0, 0.05) is 19.2 Å². The molecule has 26 heavy (non-hydrogen) atoms. The second-order valence-electron chi connectivity index (χ2n) is 6.52. The average molecular weight is 354 g/mol. The lowest BCUT2D eigenvalue weighted by molar-refractivity contribution is -0.385. The summed E-state index contributed by atoms with van der Waals surface area (Å²) in [6, 6.07) is 11.4. The Labute approximate surface area is 152 Å². The van der Waals surface area contributed by atoms with E-state index >= 15 is 0 Å². The maximum absolute atomic E-state index is 12.6. The Morgan fingerprint density at radius 2 is 2.12 bits per heavy atom. The number of aromatic nitrogens is 1. The molecule has 0 bridgehead atoms. The number of amides is 1. The van der Waals surface area contributed by atoms with Crippen LogP contribution in [0.2, 0.25) is 0 Å². The first-order valence-electron chi connectivity index (χ1n) is 8.75. The zero-order valence-corrected chi connectivity index (χ0v) is 14.7. The van der Waals surface area contributed by atoms with Crippen LogP contribution in [0.5, 0.6) is 0 Å². The van der Waals surface area contributed by atoms with Crippen molar-refractivity contribution in [2.24, 2.45) is 0 Å². The van der Waals surface area contributed by atoms with Crippen molar-refractivity contribution in [1.82, 2.24) is 9.88 Å². The number of pyridine rings is 1. The molecule has 1 saturated heterocycles. The fraction of sp³-hybridized carbons (Fsp3) is 0.368. The minimum atomic E-state index is -0.473. The van der Waals surface area contributed by atoms with Crippen molar-refractivity contribution in [3.8, 4) is 0 Å². The summed E-state index contributed by atoms with van der Waals surface area (Å²) in [5.41, 5.74) is 1.89. The van der Waals surface area contributed by atoms with E-state index in [9.17, 15) is 14.9 Å². The van der Waals surface area contributed by atoms with Crippen molar-refractivity contribution in [2.45, 2.75) is 32.2 Å². The number of carbonyl (C=O) groups excluding carboxylic acids is 1. The van der Waals surface area contributed by atoms with Crippen molar-refractivity contribution in [1.29, 1.82) is 0 Å². The van der Waals surface area contributed by atoms with Crippen LogP contribution in [0.1, 0.15) is 24.0 Å². The number of carbonyl (C=O) groups is 1. The summed E-state index contributed by atoms with van der Waals surface area (Å²) in [4.78, 5) is 28.9. The zero-order chi connectivity index (χ0) is 18.5. The molecule has 1 aromatic carbocycles. The third-order valence-electron chi connectivity index (χ3n) is 4.62. The Kier molecular flexibility index (Phi) is 5.46. The summed E-state index contributed by atoms with van der Waals surface area (Å²) in [5.74, 6) is 0.595. The highest BCUT2D eigenvalue weighted by Crippen LogP contribution is 2.22. The van der Waals surface area contributed by atoms with E-state index in [-0.39, 0.29) is 17.6 Å². The van der Waals surface area contributed by atoms with Crippen LogP contribution in [-0.2, 0) is 11.2 Å². The van der Waals surface area contributed by atoms with Crippen LogP contribution in [0.4, 0.5) is 11.5 Å². The highest BCUT2D eigenvalue weighted by atomic mass is 16.6. The number of nitro groups is 1. The molecule has 0 spiro atoms. The van der Waals surface area contributed by atoms with E-state index in [2.05, 4.69) is 22.4 Å². The van der Waals surface area contributed by atoms with Crippen molar-refractivity contribution < 1.29 is 9.72 Å². The molecule has 0 saturated carbocycles. The molecule has 3 rings (SSSR count). The summed E-state index contributed by atoms with van der Waals surface area (Å²) in [6.07, 6.45) is 3.80. The predicted molar refractivity (Wildman–Crippen MR) is 99.0 cm³/mol. The Hall–Kier alpha value is -2.96. The summed E-state index contributed by atoms with van der Waals surface area (Å²) in [6.45, 7) is 3.20. The number of benzene rings is 1. The van der Waals surface area contributed by atoms with E-state index < -0.39 is 4.92 Å². The number of aryl methyl sites for hydroxylation is 2. The van der Waals surface area contributed by atoms with Crippen LogP contribution < -0.4 is 5.32 Å². The van der Waals surface area contributed by atoms with Gasteiger partial charge < -0.3 is 10.2 Å². The van der Waals surface area contributed by atoms with E-state index in [1.165, 1.54) is 17.8 Å². The van der Waals surface area contributed by atoms with Crippen LogP contribution in [0.25, 0.3) is 0 Å². The normalized spacial score (nSPS) is 16.7. The first kappa shape index (κ1) is 17.8. The number of nitrogens with one attached hydrogen (secondary N) is 1. The Morgan fingerprint density at radius 3 is 2.81 bits per heavy atom. The van der Waals surface area contributed by atoms with E-state index in [1.807, 2.05) is 23.1 Å². The topological polar surface area (TPSA) is 88.4 Å². The number of likely N-dealkylation sites (tertiary alicyclic amines) is 1. The van der Waals surface area contributed by atoms with Gasteiger partial charge in [-0.1, -0.05) is 30.3 Å².